The van der Waals surface area contributed by atoms with Crippen molar-refractivity contribution in [2.75, 3.05) is 27.2 Å². The molecule has 1 atom stereocenters. The number of nitrogens with one attached hydrogen (secondary N) is 1. The van der Waals surface area contributed by atoms with Gasteiger partial charge in [-0.05, 0) is 53.8 Å². The van der Waals surface area contributed by atoms with E-state index in [2.05, 4.69) is 10.2 Å². The highest BCUT2D eigenvalue weighted by Gasteiger charge is 2.43. The maximum absolute atomic E-state index is 12.4. The number of unbranched alkanes of at least 4 members (excludes halogenated alkanes) is 1. The van der Waals surface area contributed by atoms with Crippen LogP contribution in [0.25, 0.3) is 0 Å². The molecule has 0 radical (unpaired) electrons. The van der Waals surface area contributed by atoms with E-state index in [9.17, 15) is 9.59 Å². The van der Waals surface area contributed by atoms with Gasteiger partial charge in [0.15, 0.2) is 0 Å². The van der Waals surface area contributed by atoms with E-state index in [-0.39, 0.29) is 17.9 Å². The van der Waals surface area contributed by atoms with Gasteiger partial charge in [-0.1, -0.05) is 6.92 Å². The molecule has 0 aromatic rings. The molecule has 0 aromatic heterocycles. The van der Waals surface area contributed by atoms with Crippen LogP contribution >= 0.6 is 0 Å². The molecule has 1 aliphatic rings. The fourth-order valence-corrected chi connectivity index (χ4v) is 2.46. The van der Waals surface area contributed by atoms with Crippen molar-refractivity contribution in [3.63, 3.8) is 0 Å². The highest BCUT2D eigenvalue weighted by atomic mass is 16.2. The van der Waals surface area contributed by atoms with Gasteiger partial charge in [0.2, 0.25) is 11.8 Å². The molecule has 1 N–H and O–H groups in total. The fraction of sp³-hybridized carbons (Fsp3) is 0.857. The second-order valence-electron chi connectivity index (χ2n) is 6.05. The summed E-state index contributed by atoms with van der Waals surface area (Å²) in [6.45, 7) is 7.16. The number of nitrogens with zero attached hydrogens (tertiary/aromatic N) is 2. The van der Waals surface area contributed by atoms with Crippen molar-refractivity contribution in [1.82, 2.24) is 15.1 Å². The molecule has 1 heterocycles. The van der Waals surface area contributed by atoms with Gasteiger partial charge in [-0.2, -0.15) is 0 Å². The number of carbonyl (C=O) groups is 2. The minimum Gasteiger partial charge on any atom is -0.340 e. The summed E-state index contributed by atoms with van der Waals surface area (Å²) >= 11 is 0. The van der Waals surface area contributed by atoms with E-state index >= 15 is 0 Å². The number of amides is 2. The molecule has 1 aliphatic heterocycles. The van der Waals surface area contributed by atoms with Crippen molar-refractivity contribution in [2.24, 2.45) is 0 Å². The molecule has 0 aliphatic carbocycles. The third-order valence-corrected chi connectivity index (χ3v) is 3.55. The number of piperazine rings is 1. The van der Waals surface area contributed by atoms with E-state index in [4.69, 9.17) is 0 Å². The first-order valence-corrected chi connectivity index (χ1v) is 7.07. The van der Waals surface area contributed by atoms with Crippen LogP contribution in [0.4, 0.5) is 0 Å². The van der Waals surface area contributed by atoms with Crippen LogP contribution in [0.1, 0.15) is 40.0 Å². The first-order valence-electron chi connectivity index (χ1n) is 7.07. The monoisotopic (exact) mass is 269 g/mol. The second-order valence-corrected chi connectivity index (χ2v) is 6.05. The number of hydrogen-bond acceptors (Lipinski definition) is 3. The maximum Gasteiger partial charge on any atom is 0.248 e. The highest BCUT2D eigenvalue weighted by molar-refractivity contribution is 5.99. The van der Waals surface area contributed by atoms with Gasteiger partial charge in [0.25, 0.3) is 0 Å². The van der Waals surface area contributed by atoms with Crippen LogP contribution in [0.15, 0.2) is 0 Å². The Hall–Kier alpha value is -1.10. The van der Waals surface area contributed by atoms with Crippen LogP contribution in [0.2, 0.25) is 0 Å². The van der Waals surface area contributed by atoms with E-state index in [0.717, 1.165) is 19.4 Å². The Morgan fingerprint density at radius 3 is 2.42 bits per heavy atom. The molecule has 0 bridgehead atoms. The lowest BCUT2D eigenvalue weighted by Crippen LogP contribution is -2.68. The van der Waals surface area contributed by atoms with Crippen LogP contribution in [0.3, 0.4) is 0 Å². The standard InChI is InChI=1S/C14H27N3O2/c1-6-11-12(18)15-14(2,3)13(19)17(11)10-8-7-9-16(4)5/h11H,6-10H2,1-5H3,(H,15,18). The van der Waals surface area contributed by atoms with Gasteiger partial charge in [-0.25, -0.2) is 0 Å². The van der Waals surface area contributed by atoms with Crippen molar-refractivity contribution < 1.29 is 9.59 Å². The van der Waals surface area contributed by atoms with E-state index in [0.29, 0.717) is 13.0 Å². The smallest absolute Gasteiger partial charge is 0.248 e. The van der Waals surface area contributed by atoms with Crippen LogP contribution in [0, 0.1) is 0 Å². The molecule has 1 rings (SSSR count). The van der Waals surface area contributed by atoms with Gasteiger partial charge < -0.3 is 15.1 Å². The summed E-state index contributed by atoms with van der Waals surface area (Å²) in [6.07, 6.45) is 2.64. The normalized spacial score (nSPS) is 22.8. The number of rotatable bonds is 6. The van der Waals surface area contributed by atoms with E-state index in [1.807, 2.05) is 21.0 Å². The molecule has 110 valence electrons. The number of carbonyl (C=O) groups excluding carboxylic acids is 2. The summed E-state index contributed by atoms with van der Waals surface area (Å²) < 4.78 is 0. The lowest BCUT2D eigenvalue weighted by Gasteiger charge is -2.42. The van der Waals surface area contributed by atoms with Crippen molar-refractivity contribution >= 4 is 11.8 Å². The zero-order valence-electron chi connectivity index (χ0n) is 12.8. The second kappa shape index (κ2) is 6.37. The molecular formula is C14H27N3O2. The largest absolute Gasteiger partial charge is 0.340 e. The van der Waals surface area contributed by atoms with Crippen molar-refractivity contribution in [3.05, 3.63) is 0 Å². The lowest BCUT2D eigenvalue weighted by atomic mass is 9.95. The maximum atomic E-state index is 12.4. The molecule has 1 saturated heterocycles. The third-order valence-electron chi connectivity index (χ3n) is 3.55. The Kier molecular flexibility index (Phi) is 5.35. The van der Waals surface area contributed by atoms with Crippen molar-refractivity contribution in [1.29, 1.82) is 0 Å². The van der Waals surface area contributed by atoms with Crippen LogP contribution in [-0.2, 0) is 9.59 Å². The average molecular weight is 269 g/mol. The van der Waals surface area contributed by atoms with Crippen LogP contribution in [0.5, 0.6) is 0 Å². The Bertz CT molecular complexity index is 340. The third kappa shape index (κ3) is 3.93. The van der Waals surface area contributed by atoms with E-state index in [1.165, 1.54) is 0 Å². The molecular weight excluding hydrogens is 242 g/mol. The summed E-state index contributed by atoms with van der Waals surface area (Å²) in [7, 11) is 4.08. The van der Waals surface area contributed by atoms with Gasteiger partial charge in [0, 0.05) is 6.54 Å². The first kappa shape index (κ1) is 16.0. The van der Waals surface area contributed by atoms with Gasteiger partial charge in [-0.3, -0.25) is 9.59 Å². The summed E-state index contributed by atoms with van der Waals surface area (Å²) in [5.41, 5.74) is -0.774. The van der Waals surface area contributed by atoms with E-state index in [1.54, 1.807) is 18.7 Å². The van der Waals surface area contributed by atoms with Gasteiger partial charge in [0.1, 0.15) is 11.6 Å². The minimum absolute atomic E-state index is 0.0280. The van der Waals surface area contributed by atoms with Gasteiger partial charge in [0.05, 0.1) is 0 Å². The Morgan fingerprint density at radius 1 is 1.26 bits per heavy atom. The Labute approximate surface area is 116 Å². The molecule has 0 saturated carbocycles. The topological polar surface area (TPSA) is 52.7 Å². The predicted molar refractivity (Wildman–Crippen MR) is 75.8 cm³/mol. The molecule has 0 aromatic carbocycles. The molecule has 0 spiro atoms. The zero-order chi connectivity index (χ0) is 14.6. The molecule has 5 nitrogen and oxygen atoms in total. The van der Waals surface area contributed by atoms with Crippen molar-refractivity contribution in [2.45, 2.75) is 51.6 Å². The van der Waals surface area contributed by atoms with E-state index < -0.39 is 5.54 Å². The molecule has 1 fully saturated rings. The summed E-state index contributed by atoms with van der Waals surface area (Å²) in [5.74, 6) is 0.00325. The van der Waals surface area contributed by atoms with Crippen molar-refractivity contribution in [3.8, 4) is 0 Å². The quantitative estimate of drug-likeness (QED) is 0.727. The SMILES string of the molecule is CCC1C(=O)NC(C)(C)C(=O)N1CCCCN(C)C. The van der Waals surface area contributed by atoms with Gasteiger partial charge >= 0.3 is 0 Å². The predicted octanol–water partition coefficient (Wildman–Crippen LogP) is 0.844. The Morgan fingerprint density at radius 2 is 1.89 bits per heavy atom. The zero-order valence-corrected chi connectivity index (χ0v) is 12.8. The van der Waals surface area contributed by atoms with Gasteiger partial charge in [-0.15, -0.1) is 0 Å². The Balaban J connectivity index is 2.64. The number of hydrogen-bond donors (Lipinski definition) is 1. The summed E-state index contributed by atoms with van der Waals surface area (Å²) in [4.78, 5) is 28.3. The molecule has 5 heteroatoms. The average Bonchev–Trinajstić information content (AvgIpc) is 2.29. The molecule has 1 unspecified atom stereocenters. The summed E-state index contributed by atoms with van der Waals surface area (Å²) in [5, 5.41) is 2.81. The van der Waals surface area contributed by atoms with Crippen LogP contribution < -0.4 is 5.32 Å². The lowest BCUT2D eigenvalue weighted by molar-refractivity contribution is -0.153. The fourth-order valence-electron chi connectivity index (χ4n) is 2.46. The molecule has 19 heavy (non-hydrogen) atoms. The first-order chi connectivity index (χ1) is 8.79. The minimum atomic E-state index is -0.774. The van der Waals surface area contributed by atoms with Crippen LogP contribution in [-0.4, -0.2) is 60.4 Å². The molecule has 2 amide bonds. The highest BCUT2D eigenvalue weighted by Crippen LogP contribution is 2.20. The summed E-state index contributed by atoms with van der Waals surface area (Å²) in [6, 6.07) is -0.306.